The number of ether oxygens (including phenoxy) is 1. The highest BCUT2D eigenvalue weighted by Gasteiger charge is 2.39. The summed E-state index contributed by atoms with van der Waals surface area (Å²) in [5.41, 5.74) is 0. The van der Waals surface area contributed by atoms with Gasteiger partial charge >= 0.3 is 0 Å². The number of amides is 1. The van der Waals surface area contributed by atoms with Crippen LogP contribution < -0.4 is 5.32 Å². The lowest BCUT2D eigenvalue weighted by molar-refractivity contribution is -0.144. The van der Waals surface area contributed by atoms with Crippen molar-refractivity contribution in [3.8, 4) is 0 Å². The maximum absolute atomic E-state index is 12.6. The topological polar surface area (TPSA) is 41.6 Å². The van der Waals surface area contributed by atoms with Crippen molar-refractivity contribution < 1.29 is 9.53 Å². The Morgan fingerprint density at radius 1 is 1.16 bits per heavy atom. The Morgan fingerprint density at radius 3 is 2.47 bits per heavy atom. The highest BCUT2D eigenvalue weighted by molar-refractivity contribution is 5.81. The largest absolute Gasteiger partial charge is 0.365 e. The maximum atomic E-state index is 12.6. The zero-order valence-corrected chi connectivity index (χ0v) is 11.9. The van der Waals surface area contributed by atoms with E-state index >= 15 is 0 Å². The normalized spacial score (nSPS) is 32.5. The standard InChI is InChI=1S/C15H26N2O2/c1-11-2-5-14(19-11)15(18)17(13-3-4-13)10-12-6-8-16-9-7-12/h11-14,16H,2-10H2,1H3. The quantitative estimate of drug-likeness (QED) is 0.839. The first-order valence-electron chi connectivity index (χ1n) is 7.90. The Morgan fingerprint density at radius 2 is 1.89 bits per heavy atom. The smallest absolute Gasteiger partial charge is 0.251 e. The third kappa shape index (κ3) is 3.29. The minimum absolute atomic E-state index is 0.155. The molecule has 1 saturated carbocycles. The van der Waals surface area contributed by atoms with Gasteiger partial charge in [-0.1, -0.05) is 0 Å². The second kappa shape index (κ2) is 5.80. The molecule has 1 amide bonds. The molecule has 0 spiro atoms. The van der Waals surface area contributed by atoms with Gasteiger partial charge in [0.15, 0.2) is 0 Å². The summed E-state index contributed by atoms with van der Waals surface area (Å²) in [6, 6.07) is 0.516. The predicted octanol–water partition coefficient (Wildman–Crippen LogP) is 1.54. The first kappa shape index (κ1) is 13.4. The molecule has 19 heavy (non-hydrogen) atoms. The highest BCUT2D eigenvalue weighted by atomic mass is 16.5. The second-order valence-electron chi connectivity index (χ2n) is 6.43. The number of carbonyl (C=O) groups is 1. The van der Waals surface area contributed by atoms with Crippen LogP contribution in [0.4, 0.5) is 0 Å². The van der Waals surface area contributed by atoms with Gasteiger partial charge < -0.3 is 15.0 Å². The molecule has 3 aliphatic rings. The Bertz CT molecular complexity index is 324. The number of nitrogens with one attached hydrogen (secondary N) is 1. The van der Waals surface area contributed by atoms with E-state index in [-0.39, 0.29) is 18.1 Å². The fraction of sp³-hybridized carbons (Fsp3) is 0.933. The third-order valence-corrected chi connectivity index (χ3v) is 4.69. The summed E-state index contributed by atoms with van der Waals surface area (Å²) in [6.45, 7) is 5.24. The van der Waals surface area contributed by atoms with Crippen molar-refractivity contribution in [3.63, 3.8) is 0 Å². The summed E-state index contributed by atoms with van der Waals surface area (Å²) < 4.78 is 5.77. The van der Waals surface area contributed by atoms with Gasteiger partial charge in [0.1, 0.15) is 6.10 Å². The molecule has 0 aromatic rings. The van der Waals surface area contributed by atoms with Crippen LogP contribution in [0.15, 0.2) is 0 Å². The molecule has 0 bridgehead atoms. The molecule has 1 N–H and O–H groups in total. The molecule has 4 nitrogen and oxygen atoms in total. The van der Waals surface area contributed by atoms with Crippen molar-refractivity contribution in [1.82, 2.24) is 10.2 Å². The van der Waals surface area contributed by atoms with E-state index in [1.54, 1.807) is 0 Å². The molecule has 1 aliphatic carbocycles. The lowest BCUT2D eigenvalue weighted by Gasteiger charge is -2.31. The van der Waals surface area contributed by atoms with E-state index in [4.69, 9.17) is 4.74 Å². The average molecular weight is 266 g/mol. The zero-order chi connectivity index (χ0) is 13.2. The van der Waals surface area contributed by atoms with Gasteiger partial charge in [0.05, 0.1) is 6.10 Å². The van der Waals surface area contributed by atoms with Gasteiger partial charge in [0.25, 0.3) is 5.91 Å². The molecule has 2 aliphatic heterocycles. The van der Waals surface area contributed by atoms with Crippen LogP contribution in [-0.4, -0.2) is 48.7 Å². The highest BCUT2D eigenvalue weighted by Crippen LogP contribution is 2.31. The second-order valence-corrected chi connectivity index (χ2v) is 6.43. The molecule has 108 valence electrons. The van der Waals surface area contributed by atoms with Gasteiger partial charge in [0.2, 0.25) is 0 Å². The Balaban J connectivity index is 1.58. The van der Waals surface area contributed by atoms with Gasteiger partial charge in [0, 0.05) is 12.6 Å². The number of carbonyl (C=O) groups excluding carboxylic acids is 1. The summed E-state index contributed by atoms with van der Waals surface area (Å²) in [5.74, 6) is 0.954. The molecule has 3 rings (SSSR count). The maximum Gasteiger partial charge on any atom is 0.251 e. The summed E-state index contributed by atoms with van der Waals surface area (Å²) in [4.78, 5) is 14.8. The van der Waals surface area contributed by atoms with Crippen LogP contribution in [0.5, 0.6) is 0 Å². The van der Waals surface area contributed by atoms with Gasteiger partial charge in [-0.25, -0.2) is 0 Å². The van der Waals surface area contributed by atoms with Crippen molar-refractivity contribution in [2.75, 3.05) is 19.6 Å². The van der Waals surface area contributed by atoms with E-state index in [1.807, 2.05) is 0 Å². The lowest BCUT2D eigenvalue weighted by atomic mass is 9.97. The number of piperidine rings is 1. The molecule has 2 saturated heterocycles. The third-order valence-electron chi connectivity index (χ3n) is 4.69. The summed E-state index contributed by atoms with van der Waals surface area (Å²) in [6.07, 6.45) is 6.85. The van der Waals surface area contributed by atoms with E-state index in [0.717, 1.165) is 32.5 Å². The predicted molar refractivity (Wildman–Crippen MR) is 73.9 cm³/mol. The SMILES string of the molecule is CC1CCC(C(=O)N(CC2CCNCC2)C2CC2)O1. The van der Waals surface area contributed by atoms with Crippen molar-refractivity contribution in [3.05, 3.63) is 0 Å². The first-order valence-corrected chi connectivity index (χ1v) is 7.90. The van der Waals surface area contributed by atoms with E-state index in [0.29, 0.717) is 12.0 Å². The zero-order valence-electron chi connectivity index (χ0n) is 11.9. The Kier molecular flexibility index (Phi) is 4.08. The van der Waals surface area contributed by atoms with E-state index in [1.165, 1.54) is 25.7 Å². The average Bonchev–Trinajstić information content (AvgIpc) is 3.18. The molecule has 2 unspecified atom stereocenters. The molecule has 2 heterocycles. The number of hydrogen-bond acceptors (Lipinski definition) is 3. The van der Waals surface area contributed by atoms with Crippen molar-refractivity contribution in [2.24, 2.45) is 5.92 Å². The van der Waals surface area contributed by atoms with Crippen LogP contribution in [0.3, 0.4) is 0 Å². The van der Waals surface area contributed by atoms with Gasteiger partial charge in [-0.05, 0) is 64.5 Å². The summed E-state index contributed by atoms with van der Waals surface area (Å²) >= 11 is 0. The number of nitrogens with zero attached hydrogens (tertiary/aromatic N) is 1. The number of rotatable bonds is 4. The molecular weight excluding hydrogens is 240 g/mol. The van der Waals surface area contributed by atoms with Crippen LogP contribution in [0.2, 0.25) is 0 Å². The molecule has 0 radical (unpaired) electrons. The first-order chi connectivity index (χ1) is 9.24. The van der Waals surface area contributed by atoms with Gasteiger partial charge in [-0.3, -0.25) is 4.79 Å². The molecular formula is C15H26N2O2. The molecule has 4 heteroatoms. The molecule has 0 aromatic heterocycles. The monoisotopic (exact) mass is 266 g/mol. The van der Waals surface area contributed by atoms with E-state index in [2.05, 4.69) is 17.1 Å². The molecule has 0 aromatic carbocycles. The van der Waals surface area contributed by atoms with Crippen LogP contribution in [0, 0.1) is 5.92 Å². The van der Waals surface area contributed by atoms with Crippen molar-refractivity contribution in [2.45, 2.75) is 63.7 Å². The van der Waals surface area contributed by atoms with Crippen LogP contribution in [0.25, 0.3) is 0 Å². The fourth-order valence-electron chi connectivity index (χ4n) is 3.32. The summed E-state index contributed by atoms with van der Waals surface area (Å²) in [7, 11) is 0. The van der Waals surface area contributed by atoms with E-state index < -0.39 is 0 Å². The van der Waals surface area contributed by atoms with Crippen LogP contribution in [-0.2, 0) is 9.53 Å². The Hall–Kier alpha value is -0.610. The van der Waals surface area contributed by atoms with Crippen LogP contribution in [0.1, 0.15) is 45.4 Å². The minimum atomic E-state index is -0.155. The fourth-order valence-corrected chi connectivity index (χ4v) is 3.32. The lowest BCUT2D eigenvalue weighted by Crippen LogP contribution is -2.45. The van der Waals surface area contributed by atoms with E-state index in [9.17, 15) is 4.79 Å². The molecule has 2 atom stereocenters. The van der Waals surface area contributed by atoms with Crippen molar-refractivity contribution >= 4 is 5.91 Å². The minimum Gasteiger partial charge on any atom is -0.365 e. The molecule has 3 fully saturated rings. The Labute approximate surface area is 115 Å². The van der Waals surface area contributed by atoms with Gasteiger partial charge in [-0.2, -0.15) is 0 Å². The number of hydrogen-bond donors (Lipinski definition) is 1. The van der Waals surface area contributed by atoms with Crippen molar-refractivity contribution in [1.29, 1.82) is 0 Å². The van der Waals surface area contributed by atoms with Gasteiger partial charge in [-0.15, -0.1) is 0 Å². The van der Waals surface area contributed by atoms with Crippen LogP contribution >= 0.6 is 0 Å². The summed E-state index contributed by atoms with van der Waals surface area (Å²) in [5, 5.41) is 3.39.